The van der Waals surface area contributed by atoms with Crippen LogP contribution in [0.4, 0.5) is 0 Å². The largest absolute Gasteiger partial charge is 0.493 e. The maximum Gasteiger partial charge on any atom is 0.160 e. The Morgan fingerprint density at radius 2 is 1.84 bits per heavy atom. The van der Waals surface area contributed by atoms with Crippen molar-refractivity contribution >= 4 is 0 Å². The molecule has 2 aliphatic heterocycles. The van der Waals surface area contributed by atoms with Gasteiger partial charge in [0.1, 0.15) is 0 Å². The molecule has 3 heteroatoms. The number of hydrogen-bond acceptors (Lipinski definition) is 3. The van der Waals surface area contributed by atoms with Gasteiger partial charge in [-0.2, -0.15) is 0 Å². The minimum Gasteiger partial charge on any atom is -0.493 e. The van der Waals surface area contributed by atoms with Crippen LogP contribution in [0.25, 0.3) is 0 Å². The Bertz CT molecular complexity index is 446. The van der Waals surface area contributed by atoms with Crippen LogP contribution >= 0.6 is 0 Å². The van der Waals surface area contributed by atoms with Crippen LogP contribution in [0.3, 0.4) is 0 Å². The maximum atomic E-state index is 5.43. The van der Waals surface area contributed by atoms with E-state index in [1.807, 2.05) is 6.07 Å². The summed E-state index contributed by atoms with van der Waals surface area (Å²) in [7, 11) is 3.40. The molecule has 0 spiro atoms. The molecule has 0 aromatic heterocycles. The van der Waals surface area contributed by atoms with E-state index in [2.05, 4.69) is 17.0 Å². The van der Waals surface area contributed by atoms with Crippen molar-refractivity contribution in [3.05, 3.63) is 23.8 Å². The second-order valence-corrected chi connectivity index (χ2v) is 5.61. The third kappa shape index (κ3) is 2.32. The molecule has 2 fully saturated rings. The third-order valence-electron chi connectivity index (χ3n) is 4.69. The van der Waals surface area contributed by atoms with Gasteiger partial charge in [0.2, 0.25) is 0 Å². The molecule has 0 aliphatic carbocycles. The zero-order chi connectivity index (χ0) is 13.2. The van der Waals surface area contributed by atoms with Crippen molar-refractivity contribution in [1.82, 2.24) is 4.90 Å². The number of piperidine rings is 1. The molecule has 0 bridgehead atoms. The number of hydrogen-bond donors (Lipinski definition) is 0. The molecule has 0 radical (unpaired) electrons. The van der Waals surface area contributed by atoms with Gasteiger partial charge in [-0.3, -0.25) is 4.90 Å². The van der Waals surface area contributed by atoms with Gasteiger partial charge in [-0.1, -0.05) is 12.5 Å². The monoisotopic (exact) mass is 261 g/mol. The van der Waals surface area contributed by atoms with Gasteiger partial charge in [-0.25, -0.2) is 0 Å². The second kappa shape index (κ2) is 5.41. The van der Waals surface area contributed by atoms with E-state index in [0.717, 1.165) is 17.5 Å². The van der Waals surface area contributed by atoms with Crippen molar-refractivity contribution < 1.29 is 9.47 Å². The lowest BCUT2D eigenvalue weighted by atomic mass is 9.87. The number of rotatable bonds is 3. The zero-order valence-corrected chi connectivity index (χ0v) is 11.9. The molecule has 19 heavy (non-hydrogen) atoms. The molecule has 3 rings (SSSR count). The Balaban J connectivity index is 1.85. The Hall–Kier alpha value is -1.22. The van der Waals surface area contributed by atoms with Gasteiger partial charge in [-0.05, 0) is 50.0 Å². The Labute approximate surface area is 115 Å². The molecule has 1 aromatic rings. The van der Waals surface area contributed by atoms with Gasteiger partial charge < -0.3 is 9.47 Å². The first-order valence-electron chi connectivity index (χ1n) is 7.29. The first-order chi connectivity index (χ1) is 9.33. The summed E-state index contributed by atoms with van der Waals surface area (Å²) in [5, 5.41) is 0. The van der Waals surface area contributed by atoms with Crippen molar-refractivity contribution in [2.75, 3.05) is 27.3 Å². The standard InChI is InChI=1S/C16H23NO2/c1-18-15-7-6-12(11-16(15)19-2)13-8-10-17-9-4-3-5-14(13)17/h6-7,11,13-14H,3-5,8-10H2,1-2H3/t13-,14+/m1/s1. The van der Waals surface area contributed by atoms with Gasteiger partial charge in [0, 0.05) is 12.0 Å². The molecule has 2 saturated heterocycles. The molecular weight excluding hydrogens is 238 g/mol. The fraction of sp³-hybridized carbons (Fsp3) is 0.625. The summed E-state index contributed by atoms with van der Waals surface area (Å²) in [5.41, 5.74) is 1.41. The van der Waals surface area contributed by atoms with E-state index >= 15 is 0 Å². The van der Waals surface area contributed by atoms with Gasteiger partial charge in [0.05, 0.1) is 14.2 Å². The summed E-state index contributed by atoms with van der Waals surface area (Å²) >= 11 is 0. The fourth-order valence-electron chi connectivity index (χ4n) is 3.72. The molecule has 104 valence electrons. The van der Waals surface area contributed by atoms with E-state index in [1.165, 1.54) is 44.3 Å². The Kier molecular flexibility index (Phi) is 3.65. The van der Waals surface area contributed by atoms with Crippen molar-refractivity contribution in [3.63, 3.8) is 0 Å². The topological polar surface area (TPSA) is 21.7 Å². The van der Waals surface area contributed by atoms with Crippen LogP contribution in [0.15, 0.2) is 18.2 Å². The fourth-order valence-corrected chi connectivity index (χ4v) is 3.72. The van der Waals surface area contributed by atoms with Crippen molar-refractivity contribution in [1.29, 1.82) is 0 Å². The van der Waals surface area contributed by atoms with Crippen LogP contribution in [0.1, 0.15) is 37.2 Å². The summed E-state index contributed by atoms with van der Waals surface area (Å²) in [5.74, 6) is 2.35. The molecule has 0 unspecified atom stereocenters. The number of ether oxygens (including phenoxy) is 2. The van der Waals surface area contributed by atoms with Crippen LogP contribution in [0.5, 0.6) is 11.5 Å². The number of benzene rings is 1. The lowest BCUT2D eigenvalue weighted by Crippen LogP contribution is -2.36. The van der Waals surface area contributed by atoms with E-state index in [-0.39, 0.29) is 0 Å². The molecule has 0 N–H and O–H groups in total. The van der Waals surface area contributed by atoms with Gasteiger partial charge in [0.15, 0.2) is 11.5 Å². The average Bonchev–Trinajstić information content (AvgIpc) is 2.90. The molecule has 0 amide bonds. The number of methoxy groups -OCH3 is 2. The molecule has 2 heterocycles. The summed E-state index contributed by atoms with van der Waals surface area (Å²) in [6, 6.07) is 7.16. The quantitative estimate of drug-likeness (QED) is 0.834. The predicted octanol–water partition coefficient (Wildman–Crippen LogP) is 3.05. The van der Waals surface area contributed by atoms with E-state index in [9.17, 15) is 0 Å². The summed E-state index contributed by atoms with van der Waals surface area (Å²) in [4.78, 5) is 2.67. The van der Waals surface area contributed by atoms with Gasteiger partial charge >= 0.3 is 0 Å². The summed E-state index contributed by atoms with van der Waals surface area (Å²) < 4.78 is 10.8. The summed E-state index contributed by atoms with van der Waals surface area (Å²) in [6.45, 7) is 2.54. The normalized spacial score (nSPS) is 27.1. The van der Waals surface area contributed by atoms with Crippen LogP contribution in [-0.4, -0.2) is 38.3 Å². The van der Waals surface area contributed by atoms with Crippen molar-refractivity contribution in [2.24, 2.45) is 0 Å². The summed E-state index contributed by atoms with van der Waals surface area (Å²) in [6.07, 6.45) is 5.37. The smallest absolute Gasteiger partial charge is 0.160 e. The average molecular weight is 261 g/mol. The van der Waals surface area contributed by atoms with Crippen LogP contribution < -0.4 is 9.47 Å². The van der Waals surface area contributed by atoms with E-state index in [1.54, 1.807) is 14.2 Å². The first kappa shape index (κ1) is 12.8. The second-order valence-electron chi connectivity index (χ2n) is 5.61. The predicted molar refractivity (Wildman–Crippen MR) is 76.1 cm³/mol. The molecule has 0 saturated carbocycles. The minimum absolute atomic E-state index is 0.667. The number of nitrogens with zero attached hydrogens (tertiary/aromatic N) is 1. The molecule has 2 atom stereocenters. The van der Waals surface area contributed by atoms with E-state index in [0.29, 0.717) is 5.92 Å². The molecular formula is C16H23NO2. The van der Waals surface area contributed by atoms with E-state index in [4.69, 9.17) is 9.47 Å². The lowest BCUT2D eigenvalue weighted by molar-refractivity contribution is 0.188. The van der Waals surface area contributed by atoms with Gasteiger partial charge in [-0.15, -0.1) is 0 Å². The number of fused-ring (bicyclic) bond motifs is 1. The lowest BCUT2D eigenvalue weighted by Gasteiger charge is -2.32. The van der Waals surface area contributed by atoms with Crippen LogP contribution in [0.2, 0.25) is 0 Å². The van der Waals surface area contributed by atoms with Crippen LogP contribution in [0, 0.1) is 0 Å². The molecule has 2 aliphatic rings. The molecule has 1 aromatic carbocycles. The van der Waals surface area contributed by atoms with E-state index < -0.39 is 0 Å². The Morgan fingerprint density at radius 3 is 2.63 bits per heavy atom. The van der Waals surface area contributed by atoms with Crippen LogP contribution in [-0.2, 0) is 0 Å². The third-order valence-corrected chi connectivity index (χ3v) is 4.69. The highest BCUT2D eigenvalue weighted by Gasteiger charge is 2.36. The van der Waals surface area contributed by atoms with Gasteiger partial charge in [0.25, 0.3) is 0 Å². The highest BCUT2D eigenvalue weighted by atomic mass is 16.5. The maximum absolute atomic E-state index is 5.43. The zero-order valence-electron chi connectivity index (χ0n) is 11.9. The SMILES string of the molecule is COc1ccc([C@H]2CCN3CCCC[C@@H]23)cc1OC. The van der Waals surface area contributed by atoms with Crippen molar-refractivity contribution in [3.8, 4) is 11.5 Å². The Morgan fingerprint density at radius 1 is 1.00 bits per heavy atom. The minimum atomic E-state index is 0.667. The molecule has 3 nitrogen and oxygen atoms in total. The van der Waals surface area contributed by atoms with Crippen molar-refractivity contribution in [2.45, 2.75) is 37.6 Å². The highest BCUT2D eigenvalue weighted by Crippen LogP contribution is 2.40. The first-order valence-corrected chi connectivity index (χ1v) is 7.29. The highest BCUT2D eigenvalue weighted by molar-refractivity contribution is 5.44.